The van der Waals surface area contributed by atoms with E-state index in [0.29, 0.717) is 17.7 Å². The molecular weight excluding hydrogens is 269 g/mol. The first-order valence-electron chi connectivity index (χ1n) is 6.18. The van der Waals surface area contributed by atoms with Crippen molar-refractivity contribution in [2.24, 2.45) is 0 Å². The van der Waals surface area contributed by atoms with Gasteiger partial charge in [-0.3, -0.25) is 4.79 Å². The Labute approximate surface area is 114 Å². The van der Waals surface area contributed by atoms with Gasteiger partial charge in [0.15, 0.2) is 5.76 Å². The van der Waals surface area contributed by atoms with Gasteiger partial charge in [-0.25, -0.2) is 0 Å². The highest BCUT2D eigenvalue weighted by Crippen LogP contribution is 2.29. The molecule has 2 nitrogen and oxygen atoms in total. The maximum atomic E-state index is 12.6. The molecule has 0 bridgehead atoms. The van der Waals surface area contributed by atoms with Gasteiger partial charge in [0.2, 0.25) is 5.78 Å². The van der Waals surface area contributed by atoms with Crippen molar-refractivity contribution < 1.29 is 22.4 Å². The lowest BCUT2D eigenvalue weighted by molar-refractivity contribution is -0.137. The van der Waals surface area contributed by atoms with Crippen LogP contribution >= 0.6 is 0 Å². The molecule has 5 heteroatoms. The molecule has 1 heterocycles. The van der Waals surface area contributed by atoms with Crippen LogP contribution in [0.5, 0.6) is 0 Å². The lowest BCUT2D eigenvalue weighted by Crippen LogP contribution is -2.07. The summed E-state index contributed by atoms with van der Waals surface area (Å²) in [6, 6.07) is 8.01. The number of ketones is 1. The number of halogens is 3. The fraction of sp³-hybridized carbons (Fsp3) is 0.267. The quantitative estimate of drug-likeness (QED) is 0.783. The molecular formula is C15H13F3O2. The summed E-state index contributed by atoms with van der Waals surface area (Å²) in [7, 11) is 0. The second kappa shape index (κ2) is 5.53. The van der Waals surface area contributed by atoms with Crippen molar-refractivity contribution >= 4 is 5.78 Å². The van der Waals surface area contributed by atoms with E-state index >= 15 is 0 Å². The van der Waals surface area contributed by atoms with Gasteiger partial charge in [-0.15, -0.1) is 0 Å². The minimum atomic E-state index is -4.40. The molecule has 1 aromatic carbocycles. The van der Waals surface area contributed by atoms with Gasteiger partial charge in [0, 0.05) is 12.8 Å². The van der Waals surface area contributed by atoms with E-state index in [4.69, 9.17) is 4.42 Å². The summed E-state index contributed by atoms with van der Waals surface area (Å²) in [5.41, 5.74) is -0.434. The zero-order valence-electron chi connectivity index (χ0n) is 10.8. The van der Waals surface area contributed by atoms with Crippen molar-refractivity contribution in [1.82, 2.24) is 0 Å². The predicted molar refractivity (Wildman–Crippen MR) is 67.6 cm³/mol. The molecule has 1 aromatic heterocycles. The molecule has 0 atom stereocenters. The molecule has 20 heavy (non-hydrogen) atoms. The van der Waals surface area contributed by atoms with E-state index in [9.17, 15) is 18.0 Å². The third kappa shape index (κ3) is 3.29. The van der Waals surface area contributed by atoms with Gasteiger partial charge in [0.05, 0.1) is 5.56 Å². The average Bonchev–Trinajstić information content (AvgIpc) is 2.87. The second-order valence-corrected chi connectivity index (χ2v) is 4.42. The highest BCUT2D eigenvalue weighted by molar-refractivity contribution is 5.95. The van der Waals surface area contributed by atoms with Gasteiger partial charge in [0.1, 0.15) is 5.76 Å². The molecule has 2 rings (SSSR count). The van der Waals surface area contributed by atoms with Crippen molar-refractivity contribution in [2.75, 3.05) is 0 Å². The smallest absolute Gasteiger partial charge is 0.416 e. The average molecular weight is 282 g/mol. The summed E-state index contributed by atoms with van der Waals surface area (Å²) < 4.78 is 43.0. The van der Waals surface area contributed by atoms with Gasteiger partial charge in [-0.2, -0.15) is 13.2 Å². The van der Waals surface area contributed by atoms with Crippen LogP contribution in [0.15, 0.2) is 40.8 Å². The Morgan fingerprint density at radius 1 is 1.20 bits per heavy atom. The lowest BCUT2D eigenvalue weighted by atomic mass is 10.0. The first-order chi connectivity index (χ1) is 9.40. The number of furan rings is 1. The summed E-state index contributed by atoms with van der Waals surface area (Å²) in [6.07, 6.45) is -3.85. The minimum Gasteiger partial charge on any atom is -0.458 e. The van der Waals surface area contributed by atoms with E-state index in [1.165, 1.54) is 12.1 Å². The molecule has 0 fully saturated rings. The number of Topliss-reactive ketones (excluding diaryl/α,β-unsaturated/α-hetero) is 1. The Hall–Kier alpha value is -2.04. The van der Waals surface area contributed by atoms with Crippen LogP contribution < -0.4 is 0 Å². The Bertz CT molecular complexity index is 612. The zero-order chi connectivity index (χ0) is 14.8. The van der Waals surface area contributed by atoms with Crippen LogP contribution in [0.25, 0.3) is 0 Å². The third-order valence-corrected chi connectivity index (χ3v) is 2.90. The van der Waals surface area contributed by atoms with Gasteiger partial charge in [-0.1, -0.05) is 25.1 Å². The van der Waals surface area contributed by atoms with Crippen molar-refractivity contribution in [2.45, 2.75) is 25.9 Å². The van der Waals surface area contributed by atoms with Crippen LogP contribution in [0.3, 0.4) is 0 Å². The fourth-order valence-corrected chi connectivity index (χ4v) is 1.85. The summed E-state index contributed by atoms with van der Waals surface area (Å²) in [4.78, 5) is 11.9. The van der Waals surface area contributed by atoms with E-state index in [1.807, 2.05) is 6.92 Å². The number of rotatable bonds is 4. The molecule has 0 spiro atoms. The van der Waals surface area contributed by atoms with E-state index in [-0.39, 0.29) is 18.0 Å². The zero-order valence-corrected chi connectivity index (χ0v) is 10.8. The largest absolute Gasteiger partial charge is 0.458 e. The number of alkyl halides is 3. The molecule has 2 aromatic rings. The molecule has 0 aliphatic rings. The van der Waals surface area contributed by atoms with E-state index in [1.54, 1.807) is 12.1 Å². The number of benzene rings is 1. The molecule has 0 N–H and O–H groups in total. The van der Waals surface area contributed by atoms with Crippen molar-refractivity contribution in [3.05, 3.63) is 59.0 Å². The second-order valence-electron chi connectivity index (χ2n) is 4.42. The van der Waals surface area contributed by atoms with Gasteiger partial charge < -0.3 is 4.42 Å². The maximum absolute atomic E-state index is 12.6. The molecule has 0 amide bonds. The number of carbonyl (C=O) groups is 1. The molecule has 0 aliphatic heterocycles. The summed E-state index contributed by atoms with van der Waals surface area (Å²) in [6.45, 7) is 1.89. The van der Waals surface area contributed by atoms with Crippen molar-refractivity contribution in [3.8, 4) is 0 Å². The molecule has 0 saturated heterocycles. The first kappa shape index (κ1) is 14.4. The van der Waals surface area contributed by atoms with Gasteiger partial charge >= 0.3 is 6.18 Å². The monoisotopic (exact) mass is 282 g/mol. The van der Waals surface area contributed by atoms with Crippen LogP contribution in [0.1, 0.15) is 34.4 Å². The van der Waals surface area contributed by atoms with Crippen LogP contribution in [-0.4, -0.2) is 5.78 Å². The number of hydrogen-bond donors (Lipinski definition) is 0. The van der Waals surface area contributed by atoms with E-state index in [0.717, 1.165) is 12.1 Å². The Kier molecular flexibility index (Phi) is 3.97. The first-order valence-corrected chi connectivity index (χ1v) is 6.18. The van der Waals surface area contributed by atoms with Crippen molar-refractivity contribution in [3.63, 3.8) is 0 Å². The van der Waals surface area contributed by atoms with Crippen molar-refractivity contribution in [1.29, 1.82) is 0 Å². The molecule has 0 saturated carbocycles. The van der Waals surface area contributed by atoms with Crippen LogP contribution in [0.4, 0.5) is 13.2 Å². The van der Waals surface area contributed by atoms with Crippen LogP contribution in [0, 0.1) is 0 Å². The molecule has 0 unspecified atom stereocenters. The number of hydrogen-bond acceptors (Lipinski definition) is 2. The van der Waals surface area contributed by atoms with Crippen LogP contribution in [0.2, 0.25) is 0 Å². The topological polar surface area (TPSA) is 30.2 Å². The Morgan fingerprint density at radius 2 is 1.95 bits per heavy atom. The SMILES string of the molecule is CCc1ccc(C(=O)Cc2cccc(C(F)(F)F)c2)o1. The highest BCUT2D eigenvalue weighted by Gasteiger charge is 2.30. The summed E-state index contributed by atoms with van der Waals surface area (Å²) >= 11 is 0. The molecule has 0 radical (unpaired) electrons. The minimum absolute atomic E-state index is 0.111. The summed E-state index contributed by atoms with van der Waals surface area (Å²) in [5, 5.41) is 0. The number of carbonyl (C=O) groups excluding carboxylic acids is 1. The lowest BCUT2D eigenvalue weighted by Gasteiger charge is -2.07. The molecule has 106 valence electrons. The maximum Gasteiger partial charge on any atom is 0.416 e. The highest BCUT2D eigenvalue weighted by atomic mass is 19.4. The predicted octanol–water partition coefficient (Wildman–Crippen LogP) is 4.29. The normalized spacial score (nSPS) is 11.6. The van der Waals surface area contributed by atoms with Gasteiger partial charge in [-0.05, 0) is 23.8 Å². The fourth-order valence-electron chi connectivity index (χ4n) is 1.85. The number of aryl methyl sites for hydroxylation is 1. The Morgan fingerprint density at radius 3 is 2.55 bits per heavy atom. The standard InChI is InChI=1S/C15H13F3O2/c1-2-12-6-7-14(20-12)13(19)9-10-4-3-5-11(8-10)15(16,17)18/h3-8H,2,9H2,1H3. The van der Waals surface area contributed by atoms with E-state index < -0.39 is 11.7 Å². The Balaban J connectivity index is 2.15. The van der Waals surface area contributed by atoms with Gasteiger partial charge in [0.25, 0.3) is 0 Å². The van der Waals surface area contributed by atoms with E-state index in [2.05, 4.69) is 0 Å². The summed E-state index contributed by atoms with van der Waals surface area (Å²) in [5.74, 6) is 0.528. The van der Waals surface area contributed by atoms with Crippen LogP contribution in [-0.2, 0) is 19.0 Å². The third-order valence-electron chi connectivity index (χ3n) is 2.90. The molecule has 0 aliphatic carbocycles.